The van der Waals surface area contributed by atoms with Crippen LogP contribution in [0.15, 0.2) is 41.9 Å². The average molecular weight is 242 g/mol. The Kier molecular flexibility index (Phi) is 2.49. The van der Waals surface area contributed by atoms with Crippen LogP contribution in [0.4, 0.5) is 0 Å². The minimum atomic E-state index is 0.702. The van der Waals surface area contributed by atoms with Gasteiger partial charge in [-0.3, -0.25) is 0 Å². The van der Waals surface area contributed by atoms with Gasteiger partial charge in [-0.1, -0.05) is 12.1 Å². The van der Waals surface area contributed by atoms with Gasteiger partial charge in [0.15, 0.2) is 5.82 Å². The molecule has 0 unspecified atom stereocenters. The molecule has 0 amide bonds. The normalized spacial score (nSPS) is 10.6. The molecule has 0 saturated heterocycles. The Morgan fingerprint density at radius 3 is 2.94 bits per heavy atom. The Bertz CT molecular complexity index is 663. The predicted octanol–water partition coefficient (Wildman–Crippen LogP) is 3.37. The molecule has 0 N–H and O–H groups in total. The summed E-state index contributed by atoms with van der Waals surface area (Å²) in [6, 6.07) is 9.77. The second kappa shape index (κ2) is 4.14. The fraction of sp³-hybridized carbons (Fsp3) is 0.0769. The lowest BCUT2D eigenvalue weighted by atomic mass is 10.2. The highest BCUT2D eigenvalue weighted by molar-refractivity contribution is 7.17. The molecule has 2 aromatic heterocycles. The molecule has 0 saturated carbocycles. The van der Waals surface area contributed by atoms with Gasteiger partial charge in [-0.15, -0.1) is 11.3 Å². The van der Waals surface area contributed by atoms with Crippen LogP contribution in [0.3, 0.4) is 0 Å². The second-order valence-electron chi connectivity index (χ2n) is 3.56. The SMILES string of the molecule is COc1ccccc1-c1ncc2sccc2n1. The number of thiophene rings is 1. The van der Waals surface area contributed by atoms with E-state index >= 15 is 0 Å². The van der Waals surface area contributed by atoms with Crippen LogP contribution in [0.5, 0.6) is 5.75 Å². The molecule has 1 aromatic carbocycles. The fourth-order valence-corrected chi connectivity index (χ4v) is 2.42. The first-order valence-corrected chi connectivity index (χ1v) is 6.10. The highest BCUT2D eigenvalue weighted by Crippen LogP contribution is 2.28. The molecule has 0 radical (unpaired) electrons. The zero-order valence-electron chi connectivity index (χ0n) is 9.25. The van der Waals surface area contributed by atoms with Gasteiger partial charge >= 0.3 is 0 Å². The monoisotopic (exact) mass is 242 g/mol. The van der Waals surface area contributed by atoms with Crippen molar-refractivity contribution in [3.8, 4) is 17.1 Å². The molecule has 0 aliphatic rings. The van der Waals surface area contributed by atoms with E-state index in [0.717, 1.165) is 21.5 Å². The van der Waals surface area contributed by atoms with Crippen LogP contribution in [0.25, 0.3) is 21.6 Å². The van der Waals surface area contributed by atoms with Gasteiger partial charge in [-0.25, -0.2) is 9.97 Å². The molecule has 0 bridgehead atoms. The maximum atomic E-state index is 5.32. The third-order valence-electron chi connectivity index (χ3n) is 2.55. The highest BCUT2D eigenvalue weighted by Gasteiger charge is 2.08. The lowest BCUT2D eigenvalue weighted by Gasteiger charge is -2.06. The van der Waals surface area contributed by atoms with Crippen molar-refractivity contribution in [1.29, 1.82) is 0 Å². The van der Waals surface area contributed by atoms with Crippen LogP contribution in [0.2, 0.25) is 0 Å². The second-order valence-corrected chi connectivity index (χ2v) is 4.51. The van der Waals surface area contributed by atoms with Gasteiger partial charge < -0.3 is 4.74 Å². The summed E-state index contributed by atoms with van der Waals surface area (Å²) in [6.07, 6.45) is 1.86. The number of rotatable bonds is 2. The van der Waals surface area contributed by atoms with Crippen molar-refractivity contribution in [3.63, 3.8) is 0 Å². The molecule has 0 aliphatic heterocycles. The van der Waals surface area contributed by atoms with Crippen molar-refractivity contribution in [2.45, 2.75) is 0 Å². The van der Waals surface area contributed by atoms with Gasteiger partial charge in [0.25, 0.3) is 0 Å². The number of para-hydroxylation sites is 1. The summed E-state index contributed by atoms with van der Waals surface area (Å²) in [5.74, 6) is 1.50. The van der Waals surface area contributed by atoms with E-state index in [1.165, 1.54) is 0 Å². The largest absolute Gasteiger partial charge is 0.496 e. The molecule has 0 fully saturated rings. The topological polar surface area (TPSA) is 35.0 Å². The molecule has 0 aliphatic carbocycles. The maximum Gasteiger partial charge on any atom is 0.163 e. The van der Waals surface area contributed by atoms with Crippen molar-refractivity contribution in [3.05, 3.63) is 41.9 Å². The minimum Gasteiger partial charge on any atom is -0.496 e. The molecule has 3 nitrogen and oxygen atoms in total. The lowest BCUT2D eigenvalue weighted by molar-refractivity contribution is 0.416. The summed E-state index contributed by atoms with van der Waals surface area (Å²) in [5, 5.41) is 2.02. The Hall–Kier alpha value is -1.94. The summed E-state index contributed by atoms with van der Waals surface area (Å²) < 4.78 is 6.42. The van der Waals surface area contributed by atoms with E-state index in [4.69, 9.17) is 4.74 Å². The van der Waals surface area contributed by atoms with Crippen LogP contribution in [-0.2, 0) is 0 Å². The highest BCUT2D eigenvalue weighted by atomic mass is 32.1. The minimum absolute atomic E-state index is 0.702. The zero-order chi connectivity index (χ0) is 11.7. The third-order valence-corrected chi connectivity index (χ3v) is 3.39. The number of nitrogens with zero attached hydrogens (tertiary/aromatic N) is 2. The smallest absolute Gasteiger partial charge is 0.163 e. The molecular formula is C13H10N2OS. The van der Waals surface area contributed by atoms with Crippen molar-refractivity contribution < 1.29 is 4.74 Å². The first kappa shape index (κ1) is 10.2. The van der Waals surface area contributed by atoms with Crippen LogP contribution in [0.1, 0.15) is 0 Å². The molecule has 4 heteroatoms. The van der Waals surface area contributed by atoms with Crippen molar-refractivity contribution >= 4 is 21.6 Å². The Morgan fingerprint density at radius 1 is 1.18 bits per heavy atom. The van der Waals surface area contributed by atoms with Gasteiger partial charge in [0.1, 0.15) is 5.75 Å². The van der Waals surface area contributed by atoms with Gasteiger partial charge in [0.05, 0.1) is 22.9 Å². The predicted molar refractivity (Wildman–Crippen MR) is 69.4 cm³/mol. The first-order valence-electron chi connectivity index (χ1n) is 5.22. The van der Waals surface area contributed by atoms with E-state index in [0.29, 0.717) is 5.82 Å². The average Bonchev–Trinajstić information content (AvgIpc) is 2.85. The number of aromatic nitrogens is 2. The summed E-state index contributed by atoms with van der Waals surface area (Å²) in [5.41, 5.74) is 1.90. The van der Waals surface area contributed by atoms with Gasteiger partial charge in [-0.2, -0.15) is 0 Å². The number of hydrogen-bond acceptors (Lipinski definition) is 4. The summed E-state index contributed by atoms with van der Waals surface area (Å²) in [6.45, 7) is 0. The van der Waals surface area contributed by atoms with Crippen LogP contribution >= 0.6 is 11.3 Å². The standard InChI is InChI=1S/C13H10N2OS/c1-16-11-5-3-2-4-9(11)13-14-8-12-10(15-13)6-7-17-12/h2-8H,1H3. The molecular weight excluding hydrogens is 232 g/mol. The molecule has 0 spiro atoms. The molecule has 3 aromatic rings. The summed E-state index contributed by atoms with van der Waals surface area (Å²) >= 11 is 1.64. The first-order chi connectivity index (χ1) is 8.38. The molecule has 17 heavy (non-hydrogen) atoms. The van der Waals surface area contributed by atoms with Crippen LogP contribution in [0, 0.1) is 0 Å². The van der Waals surface area contributed by atoms with E-state index in [-0.39, 0.29) is 0 Å². The maximum absolute atomic E-state index is 5.32. The number of hydrogen-bond donors (Lipinski definition) is 0. The Labute approximate surface area is 103 Å². The summed E-state index contributed by atoms with van der Waals surface area (Å²) in [7, 11) is 1.65. The molecule has 84 valence electrons. The summed E-state index contributed by atoms with van der Waals surface area (Å²) in [4.78, 5) is 8.91. The van der Waals surface area contributed by atoms with Crippen LogP contribution in [-0.4, -0.2) is 17.1 Å². The number of benzene rings is 1. The van der Waals surface area contributed by atoms with E-state index < -0.39 is 0 Å². The third kappa shape index (κ3) is 1.76. The zero-order valence-corrected chi connectivity index (χ0v) is 10.1. The molecule has 2 heterocycles. The van der Waals surface area contributed by atoms with Crippen molar-refractivity contribution in [1.82, 2.24) is 9.97 Å². The van der Waals surface area contributed by atoms with E-state index in [2.05, 4.69) is 9.97 Å². The van der Waals surface area contributed by atoms with E-state index in [1.54, 1.807) is 18.4 Å². The van der Waals surface area contributed by atoms with Crippen molar-refractivity contribution in [2.75, 3.05) is 7.11 Å². The Morgan fingerprint density at radius 2 is 2.06 bits per heavy atom. The van der Waals surface area contributed by atoms with Crippen LogP contribution < -0.4 is 4.74 Å². The van der Waals surface area contributed by atoms with Gasteiger partial charge in [0.2, 0.25) is 0 Å². The van der Waals surface area contributed by atoms with E-state index in [9.17, 15) is 0 Å². The fourth-order valence-electron chi connectivity index (χ4n) is 1.73. The number of fused-ring (bicyclic) bond motifs is 1. The number of ether oxygens (including phenoxy) is 1. The van der Waals surface area contributed by atoms with Crippen molar-refractivity contribution in [2.24, 2.45) is 0 Å². The van der Waals surface area contributed by atoms with Gasteiger partial charge in [0, 0.05) is 6.20 Å². The lowest BCUT2D eigenvalue weighted by Crippen LogP contribution is -1.92. The van der Waals surface area contributed by atoms with Gasteiger partial charge in [-0.05, 0) is 23.6 Å². The molecule has 3 rings (SSSR count). The number of methoxy groups -OCH3 is 1. The van der Waals surface area contributed by atoms with E-state index in [1.807, 2.05) is 41.9 Å². The Balaban J connectivity index is 2.19. The quantitative estimate of drug-likeness (QED) is 0.691. The molecule has 0 atom stereocenters.